The van der Waals surface area contributed by atoms with Crippen molar-refractivity contribution in [1.29, 1.82) is 0 Å². The second kappa shape index (κ2) is 8.57. The Morgan fingerprint density at radius 3 is 2.78 bits per heavy atom. The molecule has 2 amide bonds. The van der Waals surface area contributed by atoms with E-state index in [0.717, 1.165) is 17.7 Å². The van der Waals surface area contributed by atoms with Crippen LogP contribution in [0.15, 0.2) is 35.7 Å². The van der Waals surface area contributed by atoms with Crippen LogP contribution in [0.5, 0.6) is 5.75 Å². The van der Waals surface area contributed by atoms with Gasteiger partial charge in [0.25, 0.3) is 0 Å². The smallest absolute Gasteiger partial charge is 0.242 e. The number of hydrogen-bond acceptors (Lipinski definition) is 4. The lowest BCUT2D eigenvalue weighted by Crippen LogP contribution is -2.47. The zero-order valence-corrected chi connectivity index (χ0v) is 16.9. The van der Waals surface area contributed by atoms with Crippen molar-refractivity contribution in [2.75, 3.05) is 26.2 Å². The van der Waals surface area contributed by atoms with E-state index >= 15 is 0 Å². The quantitative estimate of drug-likeness (QED) is 0.764. The standard InChI is InChI=1S/C21H26N2O3S/c1-4-22(16(3)24)13-21(25)23-11-9-20-17(10-12-27-20)18(23)14-26-19-8-6-5-7-15(19)2/h5-8,10,12,18H,4,9,11,13-14H2,1-3H3/t18-/m0/s1. The molecule has 1 aromatic carbocycles. The number of carbonyl (C=O) groups excluding carboxylic acids is 2. The van der Waals surface area contributed by atoms with Crippen LogP contribution in [0.25, 0.3) is 0 Å². The summed E-state index contributed by atoms with van der Waals surface area (Å²) < 4.78 is 6.09. The van der Waals surface area contributed by atoms with Crippen molar-refractivity contribution in [2.24, 2.45) is 0 Å². The molecule has 6 heteroatoms. The first-order chi connectivity index (χ1) is 13.0. The maximum Gasteiger partial charge on any atom is 0.242 e. The second-order valence-electron chi connectivity index (χ2n) is 6.76. The zero-order valence-electron chi connectivity index (χ0n) is 16.1. The van der Waals surface area contributed by atoms with E-state index in [0.29, 0.717) is 19.7 Å². The van der Waals surface area contributed by atoms with Gasteiger partial charge in [-0.3, -0.25) is 9.59 Å². The van der Waals surface area contributed by atoms with Gasteiger partial charge in [-0.05, 0) is 48.9 Å². The number of benzene rings is 1. The Hall–Kier alpha value is -2.34. The van der Waals surface area contributed by atoms with Crippen LogP contribution < -0.4 is 4.74 Å². The number of thiophene rings is 1. The normalized spacial score (nSPS) is 16.0. The first-order valence-corrected chi connectivity index (χ1v) is 10.2. The number of amides is 2. The molecule has 0 N–H and O–H groups in total. The van der Waals surface area contributed by atoms with Crippen molar-refractivity contribution in [3.05, 3.63) is 51.7 Å². The predicted molar refractivity (Wildman–Crippen MR) is 107 cm³/mol. The fraction of sp³-hybridized carbons (Fsp3) is 0.429. The SMILES string of the molecule is CCN(CC(=O)N1CCc2sccc2[C@@H]1COc1ccccc1C)C(C)=O. The highest BCUT2D eigenvalue weighted by Crippen LogP contribution is 2.34. The Bertz CT molecular complexity index is 817. The van der Waals surface area contributed by atoms with Gasteiger partial charge in [0.2, 0.25) is 11.8 Å². The maximum atomic E-state index is 13.0. The molecule has 0 spiro atoms. The first kappa shape index (κ1) is 19.4. The van der Waals surface area contributed by atoms with Gasteiger partial charge in [-0.15, -0.1) is 11.3 Å². The van der Waals surface area contributed by atoms with Crippen LogP contribution in [-0.2, 0) is 16.0 Å². The van der Waals surface area contributed by atoms with Gasteiger partial charge in [-0.1, -0.05) is 18.2 Å². The molecule has 0 saturated carbocycles. The molecule has 144 valence electrons. The van der Waals surface area contributed by atoms with Gasteiger partial charge in [0.15, 0.2) is 0 Å². The Morgan fingerprint density at radius 1 is 1.30 bits per heavy atom. The molecule has 0 unspecified atom stereocenters. The number of para-hydroxylation sites is 1. The number of fused-ring (bicyclic) bond motifs is 1. The van der Waals surface area contributed by atoms with Crippen LogP contribution in [0.4, 0.5) is 0 Å². The molecule has 1 aliphatic heterocycles. The summed E-state index contributed by atoms with van der Waals surface area (Å²) >= 11 is 1.73. The summed E-state index contributed by atoms with van der Waals surface area (Å²) in [5.74, 6) is 0.736. The minimum atomic E-state index is -0.127. The van der Waals surface area contributed by atoms with E-state index in [1.165, 1.54) is 17.4 Å². The third kappa shape index (κ3) is 4.33. The van der Waals surface area contributed by atoms with Gasteiger partial charge in [-0.2, -0.15) is 0 Å². The molecular formula is C21H26N2O3S. The summed E-state index contributed by atoms with van der Waals surface area (Å²) in [7, 11) is 0. The summed E-state index contributed by atoms with van der Waals surface area (Å²) in [6, 6.07) is 9.87. The largest absolute Gasteiger partial charge is 0.491 e. The van der Waals surface area contributed by atoms with Crippen molar-refractivity contribution >= 4 is 23.2 Å². The molecule has 2 aromatic rings. The Kier molecular flexibility index (Phi) is 6.16. The van der Waals surface area contributed by atoms with Gasteiger partial charge in [0, 0.05) is 24.9 Å². The van der Waals surface area contributed by atoms with E-state index in [2.05, 4.69) is 11.4 Å². The molecule has 3 rings (SSSR count). The summed E-state index contributed by atoms with van der Waals surface area (Å²) in [4.78, 5) is 29.4. The maximum absolute atomic E-state index is 13.0. The molecule has 1 aliphatic rings. The molecule has 0 radical (unpaired) electrons. The van der Waals surface area contributed by atoms with Crippen LogP contribution in [0, 0.1) is 6.92 Å². The molecule has 0 saturated heterocycles. The minimum Gasteiger partial charge on any atom is -0.491 e. The lowest BCUT2D eigenvalue weighted by Gasteiger charge is -2.37. The Labute approximate surface area is 164 Å². The highest BCUT2D eigenvalue weighted by atomic mass is 32.1. The predicted octanol–water partition coefficient (Wildman–Crippen LogP) is 3.43. The van der Waals surface area contributed by atoms with E-state index in [-0.39, 0.29) is 24.4 Å². The van der Waals surface area contributed by atoms with Crippen molar-refractivity contribution in [3.63, 3.8) is 0 Å². The van der Waals surface area contributed by atoms with Gasteiger partial charge >= 0.3 is 0 Å². The second-order valence-corrected chi connectivity index (χ2v) is 7.76. The number of likely N-dealkylation sites (N-methyl/N-ethyl adjacent to an activating group) is 1. The molecular weight excluding hydrogens is 360 g/mol. The molecule has 0 bridgehead atoms. The highest BCUT2D eigenvalue weighted by Gasteiger charge is 2.33. The fourth-order valence-electron chi connectivity index (χ4n) is 3.46. The summed E-state index contributed by atoms with van der Waals surface area (Å²) in [5, 5.41) is 2.08. The van der Waals surface area contributed by atoms with E-state index in [4.69, 9.17) is 4.74 Å². The first-order valence-electron chi connectivity index (χ1n) is 9.31. The van der Waals surface area contributed by atoms with Crippen LogP contribution in [0.1, 0.15) is 35.9 Å². The molecule has 1 atom stereocenters. The number of aryl methyl sites for hydroxylation is 1. The molecule has 27 heavy (non-hydrogen) atoms. The van der Waals surface area contributed by atoms with Crippen molar-refractivity contribution in [3.8, 4) is 5.75 Å². The summed E-state index contributed by atoms with van der Waals surface area (Å²) in [5.41, 5.74) is 2.24. The van der Waals surface area contributed by atoms with Crippen molar-refractivity contribution in [2.45, 2.75) is 33.2 Å². The lowest BCUT2D eigenvalue weighted by molar-refractivity contribution is -0.141. The van der Waals surface area contributed by atoms with Gasteiger partial charge in [0.05, 0.1) is 12.6 Å². The van der Waals surface area contributed by atoms with Crippen LogP contribution in [0.2, 0.25) is 0 Å². The average molecular weight is 387 g/mol. The number of nitrogens with zero attached hydrogens (tertiary/aromatic N) is 2. The average Bonchev–Trinajstić information content (AvgIpc) is 3.13. The van der Waals surface area contributed by atoms with E-state index < -0.39 is 0 Å². The lowest BCUT2D eigenvalue weighted by atomic mass is 10.0. The van der Waals surface area contributed by atoms with Gasteiger partial charge in [-0.25, -0.2) is 0 Å². The van der Waals surface area contributed by atoms with E-state index in [1.807, 2.05) is 43.0 Å². The topological polar surface area (TPSA) is 49.9 Å². The molecule has 0 aliphatic carbocycles. The number of carbonyl (C=O) groups is 2. The van der Waals surface area contributed by atoms with Crippen molar-refractivity contribution in [1.82, 2.24) is 9.80 Å². The molecule has 1 aromatic heterocycles. The van der Waals surface area contributed by atoms with Gasteiger partial charge in [0.1, 0.15) is 12.4 Å². The summed E-state index contributed by atoms with van der Waals surface area (Å²) in [6.45, 7) is 7.12. The van der Waals surface area contributed by atoms with Crippen LogP contribution in [-0.4, -0.2) is 47.9 Å². The molecule has 2 heterocycles. The van der Waals surface area contributed by atoms with E-state index in [9.17, 15) is 9.59 Å². The highest BCUT2D eigenvalue weighted by molar-refractivity contribution is 7.10. The Balaban J connectivity index is 1.79. The number of hydrogen-bond donors (Lipinski definition) is 0. The summed E-state index contributed by atoms with van der Waals surface area (Å²) in [6.07, 6.45) is 0.853. The third-order valence-corrected chi connectivity index (χ3v) is 6.06. The fourth-order valence-corrected chi connectivity index (χ4v) is 4.39. The molecule has 0 fully saturated rings. The van der Waals surface area contributed by atoms with Crippen LogP contribution >= 0.6 is 11.3 Å². The third-order valence-electron chi connectivity index (χ3n) is 5.06. The number of rotatable bonds is 6. The minimum absolute atomic E-state index is 0.0257. The number of ether oxygens (including phenoxy) is 1. The Morgan fingerprint density at radius 2 is 2.07 bits per heavy atom. The van der Waals surface area contributed by atoms with Crippen molar-refractivity contribution < 1.29 is 14.3 Å². The van der Waals surface area contributed by atoms with E-state index in [1.54, 1.807) is 16.2 Å². The van der Waals surface area contributed by atoms with Gasteiger partial charge < -0.3 is 14.5 Å². The van der Waals surface area contributed by atoms with Crippen LogP contribution in [0.3, 0.4) is 0 Å². The molecule has 5 nitrogen and oxygen atoms in total. The monoisotopic (exact) mass is 386 g/mol. The zero-order chi connectivity index (χ0) is 19.4.